The minimum absolute atomic E-state index is 0.150. The summed E-state index contributed by atoms with van der Waals surface area (Å²) in [5, 5.41) is 0. The Labute approximate surface area is 172 Å². The second kappa shape index (κ2) is 8.75. The van der Waals surface area contributed by atoms with Crippen LogP contribution in [0.25, 0.3) is 0 Å². The normalized spacial score (nSPS) is 16.3. The summed E-state index contributed by atoms with van der Waals surface area (Å²) in [5.41, 5.74) is 5.53. The fourth-order valence-corrected chi connectivity index (χ4v) is 4.15. The molecule has 4 rings (SSSR count). The highest BCUT2D eigenvalue weighted by molar-refractivity contribution is 5.96. The van der Waals surface area contributed by atoms with Crippen LogP contribution < -0.4 is 4.57 Å². The van der Waals surface area contributed by atoms with Gasteiger partial charge in [0.05, 0.1) is 6.10 Å². The van der Waals surface area contributed by atoms with Gasteiger partial charge in [0, 0.05) is 42.2 Å². The summed E-state index contributed by atoms with van der Waals surface area (Å²) in [4.78, 5) is 12.9. The molecule has 0 spiro atoms. The van der Waals surface area contributed by atoms with Gasteiger partial charge in [0.25, 0.3) is 0 Å². The third-order valence-corrected chi connectivity index (χ3v) is 5.82. The van der Waals surface area contributed by atoms with Crippen LogP contribution in [-0.4, -0.2) is 23.1 Å². The maximum absolute atomic E-state index is 12.9. The van der Waals surface area contributed by atoms with Crippen LogP contribution >= 0.6 is 0 Å². The van der Waals surface area contributed by atoms with Gasteiger partial charge < -0.3 is 9.30 Å². The van der Waals surface area contributed by atoms with Crippen molar-refractivity contribution in [3.05, 3.63) is 89.0 Å². The summed E-state index contributed by atoms with van der Waals surface area (Å²) in [6.45, 7) is 6.17. The minimum Gasteiger partial charge on any atom is -0.376 e. The molecule has 0 saturated carbocycles. The van der Waals surface area contributed by atoms with E-state index in [0.717, 1.165) is 49.4 Å². The number of nitrogens with zero attached hydrogens (tertiary/aromatic N) is 2. The van der Waals surface area contributed by atoms with E-state index >= 15 is 0 Å². The number of carbonyl (C=O) groups excluding carboxylic acids is 1. The van der Waals surface area contributed by atoms with Crippen LogP contribution in [0.5, 0.6) is 0 Å². The number of pyridine rings is 1. The van der Waals surface area contributed by atoms with Gasteiger partial charge in [-0.1, -0.05) is 30.3 Å². The SMILES string of the molecule is Cc1cc(C(=O)C[n+]2ccc(Cc3ccccc3)cc2)c(C)n1C[C@H]1CCCO1. The molecule has 1 aromatic carbocycles. The zero-order valence-electron chi connectivity index (χ0n) is 17.3. The van der Waals surface area contributed by atoms with Crippen LogP contribution in [0, 0.1) is 13.8 Å². The van der Waals surface area contributed by atoms with E-state index < -0.39 is 0 Å². The summed E-state index contributed by atoms with van der Waals surface area (Å²) >= 11 is 0. The van der Waals surface area contributed by atoms with Crippen molar-refractivity contribution in [3.8, 4) is 0 Å². The summed E-state index contributed by atoms with van der Waals surface area (Å²) < 4.78 is 9.97. The lowest BCUT2D eigenvalue weighted by Crippen LogP contribution is -2.37. The second-order valence-electron chi connectivity index (χ2n) is 7.99. The van der Waals surface area contributed by atoms with Gasteiger partial charge in [-0.05, 0) is 50.3 Å². The predicted molar refractivity (Wildman–Crippen MR) is 113 cm³/mol. The smallest absolute Gasteiger partial charge is 0.229 e. The number of Topliss-reactive ketones (excluding diaryl/α,β-unsaturated/α-hetero) is 1. The van der Waals surface area contributed by atoms with Gasteiger partial charge in [-0.15, -0.1) is 0 Å². The molecule has 1 atom stereocenters. The highest BCUT2D eigenvalue weighted by Gasteiger charge is 2.22. The fourth-order valence-electron chi connectivity index (χ4n) is 4.15. The molecule has 0 aliphatic carbocycles. The Bertz CT molecular complexity index is 968. The molecule has 1 saturated heterocycles. The quantitative estimate of drug-likeness (QED) is 0.451. The zero-order chi connectivity index (χ0) is 20.2. The molecule has 0 unspecified atom stereocenters. The number of ketones is 1. The molecule has 4 nitrogen and oxygen atoms in total. The van der Waals surface area contributed by atoms with Gasteiger partial charge in [-0.3, -0.25) is 4.79 Å². The van der Waals surface area contributed by atoms with Crippen molar-refractivity contribution in [1.29, 1.82) is 0 Å². The molecule has 0 N–H and O–H groups in total. The van der Waals surface area contributed by atoms with Crippen molar-refractivity contribution in [2.75, 3.05) is 6.61 Å². The Morgan fingerprint density at radius 2 is 1.83 bits per heavy atom. The van der Waals surface area contributed by atoms with E-state index in [9.17, 15) is 4.79 Å². The van der Waals surface area contributed by atoms with Crippen molar-refractivity contribution in [2.24, 2.45) is 0 Å². The molecule has 4 heteroatoms. The fraction of sp³-hybridized carbons (Fsp3) is 0.360. The molecular weight excluding hydrogens is 360 g/mol. The predicted octanol–water partition coefficient (Wildman–Crippen LogP) is 4.05. The van der Waals surface area contributed by atoms with E-state index in [1.54, 1.807) is 0 Å². The van der Waals surface area contributed by atoms with E-state index in [1.807, 2.05) is 36.0 Å². The largest absolute Gasteiger partial charge is 0.376 e. The van der Waals surface area contributed by atoms with E-state index in [4.69, 9.17) is 4.74 Å². The number of benzene rings is 1. The molecule has 1 fully saturated rings. The monoisotopic (exact) mass is 389 g/mol. The summed E-state index contributed by atoms with van der Waals surface area (Å²) in [5.74, 6) is 0.150. The minimum atomic E-state index is 0.150. The third kappa shape index (κ3) is 4.65. The van der Waals surface area contributed by atoms with E-state index in [1.165, 1.54) is 11.1 Å². The number of hydrogen-bond acceptors (Lipinski definition) is 2. The van der Waals surface area contributed by atoms with Gasteiger partial charge in [-0.25, -0.2) is 0 Å². The van der Waals surface area contributed by atoms with Crippen molar-refractivity contribution >= 4 is 5.78 Å². The summed E-state index contributed by atoms with van der Waals surface area (Å²) in [6.07, 6.45) is 7.41. The van der Waals surface area contributed by atoms with Gasteiger partial charge in [0.2, 0.25) is 12.3 Å². The highest BCUT2D eigenvalue weighted by atomic mass is 16.5. The Morgan fingerprint density at radius 3 is 2.52 bits per heavy atom. The highest BCUT2D eigenvalue weighted by Crippen LogP contribution is 2.20. The van der Waals surface area contributed by atoms with Crippen LogP contribution in [0.1, 0.15) is 45.7 Å². The van der Waals surface area contributed by atoms with Gasteiger partial charge >= 0.3 is 0 Å². The Morgan fingerprint density at radius 1 is 1.10 bits per heavy atom. The number of rotatable bonds is 7. The molecule has 3 heterocycles. The molecule has 0 amide bonds. The Hall–Kier alpha value is -2.72. The number of carbonyl (C=O) groups is 1. The first-order valence-corrected chi connectivity index (χ1v) is 10.4. The average molecular weight is 390 g/mol. The lowest BCUT2D eigenvalue weighted by molar-refractivity contribution is -0.683. The average Bonchev–Trinajstić information content (AvgIpc) is 3.34. The number of ether oxygens (including phenoxy) is 1. The van der Waals surface area contributed by atoms with Crippen molar-refractivity contribution in [3.63, 3.8) is 0 Å². The first-order valence-electron chi connectivity index (χ1n) is 10.4. The van der Waals surface area contributed by atoms with Crippen LogP contribution in [0.4, 0.5) is 0 Å². The van der Waals surface area contributed by atoms with E-state index in [-0.39, 0.29) is 11.9 Å². The van der Waals surface area contributed by atoms with Crippen molar-refractivity contribution < 1.29 is 14.1 Å². The maximum atomic E-state index is 12.9. The van der Waals surface area contributed by atoms with Crippen LogP contribution in [-0.2, 0) is 24.2 Å². The standard InChI is InChI=1S/C25H29N2O2/c1-19-15-24(20(2)27(19)17-23-9-6-14-29-23)25(28)18-26-12-10-22(11-13-26)16-21-7-4-3-5-8-21/h3-5,7-8,10-13,15,23H,6,9,14,16-18H2,1-2H3/q+1/t23-/m1/s1. The molecular formula is C25H29N2O2+. The Balaban J connectivity index is 1.42. The molecule has 2 aromatic heterocycles. The first kappa shape index (κ1) is 19.6. The zero-order valence-corrected chi connectivity index (χ0v) is 17.3. The molecule has 3 aromatic rings. The van der Waals surface area contributed by atoms with Crippen LogP contribution in [0.3, 0.4) is 0 Å². The van der Waals surface area contributed by atoms with Crippen molar-refractivity contribution in [2.45, 2.75) is 52.3 Å². The van der Waals surface area contributed by atoms with Gasteiger partial charge in [0.15, 0.2) is 12.4 Å². The van der Waals surface area contributed by atoms with E-state index in [2.05, 4.69) is 47.9 Å². The molecule has 1 aliphatic rings. The lowest BCUT2D eigenvalue weighted by Gasteiger charge is -2.14. The molecule has 1 aliphatic heterocycles. The van der Waals surface area contributed by atoms with Crippen LogP contribution in [0.2, 0.25) is 0 Å². The number of hydrogen-bond donors (Lipinski definition) is 0. The van der Waals surface area contributed by atoms with Crippen molar-refractivity contribution in [1.82, 2.24) is 4.57 Å². The second-order valence-corrected chi connectivity index (χ2v) is 7.99. The lowest BCUT2D eigenvalue weighted by atomic mass is 10.1. The molecule has 29 heavy (non-hydrogen) atoms. The third-order valence-electron chi connectivity index (χ3n) is 5.82. The van der Waals surface area contributed by atoms with Gasteiger partial charge in [-0.2, -0.15) is 4.57 Å². The van der Waals surface area contributed by atoms with E-state index in [0.29, 0.717) is 6.54 Å². The molecule has 0 bridgehead atoms. The molecule has 0 radical (unpaired) electrons. The summed E-state index contributed by atoms with van der Waals surface area (Å²) in [7, 11) is 0. The van der Waals surface area contributed by atoms with Gasteiger partial charge in [0.1, 0.15) is 0 Å². The number of aryl methyl sites for hydroxylation is 1. The first-order chi connectivity index (χ1) is 14.1. The Kier molecular flexibility index (Phi) is 5.91. The van der Waals surface area contributed by atoms with Crippen LogP contribution in [0.15, 0.2) is 60.9 Å². The summed E-state index contributed by atoms with van der Waals surface area (Å²) in [6, 6.07) is 16.7. The topological polar surface area (TPSA) is 35.1 Å². The maximum Gasteiger partial charge on any atom is 0.229 e. The number of aromatic nitrogens is 2. The molecule has 150 valence electrons.